The second-order valence-electron chi connectivity index (χ2n) is 7.23. The van der Waals surface area contributed by atoms with E-state index in [0.717, 1.165) is 5.56 Å². The quantitative estimate of drug-likeness (QED) is 0.309. The molecule has 9 nitrogen and oxygen atoms in total. The predicted octanol–water partition coefficient (Wildman–Crippen LogP) is 3.72. The number of nitrogens with zero attached hydrogens (tertiary/aromatic N) is 3. The van der Waals surface area contributed by atoms with Crippen molar-refractivity contribution in [2.24, 2.45) is 0 Å². The topological polar surface area (TPSA) is 111 Å². The first-order valence-electron chi connectivity index (χ1n) is 10.4. The molecule has 34 heavy (non-hydrogen) atoms. The number of halogens is 1. The number of hydrogen-bond acceptors (Lipinski definition) is 7. The lowest BCUT2D eigenvalue weighted by molar-refractivity contribution is -0.128. The van der Waals surface area contributed by atoms with Gasteiger partial charge < -0.3 is 19.7 Å². The molecular weight excluding hydrogens is 460 g/mol. The maximum Gasteiger partial charge on any atom is 0.293 e. The third kappa shape index (κ3) is 6.52. The Balaban J connectivity index is 2.05. The maximum atomic E-state index is 13.5. The van der Waals surface area contributed by atoms with E-state index in [1.165, 1.54) is 11.1 Å². The fourth-order valence-electron chi connectivity index (χ4n) is 3.26. The number of carbonyl (C=O) groups is 3. The molecule has 0 spiro atoms. The smallest absolute Gasteiger partial charge is 0.293 e. The van der Waals surface area contributed by atoms with Crippen molar-refractivity contribution in [2.75, 3.05) is 25.5 Å². The number of benzene rings is 1. The lowest BCUT2D eigenvalue weighted by atomic mass is 9.98. The molecule has 1 N–H and O–H groups in total. The third-order valence-electron chi connectivity index (χ3n) is 4.88. The predicted molar refractivity (Wildman–Crippen MR) is 126 cm³/mol. The molecule has 3 aromatic rings. The van der Waals surface area contributed by atoms with E-state index in [-0.39, 0.29) is 23.9 Å². The number of pyridine rings is 2. The first kappa shape index (κ1) is 24.7. The van der Waals surface area contributed by atoms with Gasteiger partial charge in [0.15, 0.2) is 0 Å². The molecule has 0 saturated heterocycles. The lowest BCUT2D eigenvalue weighted by Crippen LogP contribution is -2.30. The Morgan fingerprint density at radius 3 is 2.65 bits per heavy atom. The largest absolute Gasteiger partial charge is 0.468 e. The minimum atomic E-state index is -0.372. The van der Waals surface area contributed by atoms with E-state index >= 15 is 0 Å². The first-order chi connectivity index (χ1) is 16.5. The average Bonchev–Trinajstić information content (AvgIpc) is 2.85. The summed E-state index contributed by atoms with van der Waals surface area (Å²) in [6.07, 6.45) is 5.85. The summed E-state index contributed by atoms with van der Waals surface area (Å²) in [5.74, 6) is 0.554. The zero-order valence-electron chi connectivity index (χ0n) is 18.4. The van der Waals surface area contributed by atoms with Crippen molar-refractivity contribution < 1.29 is 23.9 Å². The first-order valence-corrected chi connectivity index (χ1v) is 10.8. The number of anilines is 1. The van der Waals surface area contributed by atoms with Crippen LogP contribution in [0.2, 0.25) is 5.02 Å². The second-order valence-corrected chi connectivity index (χ2v) is 7.66. The van der Waals surface area contributed by atoms with Crippen LogP contribution in [-0.2, 0) is 20.7 Å². The Morgan fingerprint density at radius 1 is 1.18 bits per heavy atom. The summed E-state index contributed by atoms with van der Waals surface area (Å²) >= 11 is 6.03. The monoisotopic (exact) mass is 482 g/mol. The van der Waals surface area contributed by atoms with Gasteiger partial charge in [0.05, 0.1) is 24.6 Å². The molecular formula is C24H23ClN4O5. The van der Waals surface area contributed by atoms with Gasteiger partial charge in [-0.3, -0.25) is 19.4 Å². The molecule has 3 rings (SSSR count). The Bertz CT molecular complexity index is 1130. The number of ether oxygens (including phenoxy) is 2. The number of aromatic nitrogens is 2. The molecule has 1 aromatic carbocycles. The van der Waals surface area contributed by atoms with Gasteiger partial charge >= 0.3 is 0 Å². The Hall–Kier alpha value is -3.98. The molecule has 2 heterocycles. The zero-order valence-corrected chi connectivity index (χ0v) is 19.2. The van der Waals surface area contributed by atoms with E-state index in [0.29, 0.717) is 54.4 Å². The number of hydrogen-bond donors (Lipinski definition) is 1. The van der Waals surface area contributed by atoms with E-state index < -0.39 is 0 Å². The number of nitrogens with one attached hydrogen (secondary N) is 1. The highest BCUT2D eigenvalue weighted by atomic mass is 35.5. The maximum absolute atomic E-state index is 13.5. The van der Waals surface area contributed by atoms with E-state index in [9.17, 15) is 14.4 Å². The molecule has 0 fully saturated rings. The average molecular weight is 483 g/mol. The standard InChI is InChI=1S/C24H23ClN4O5/c1-29(10-3-11-33-16-31)24(32)22-20(12-17-5-7-18(25)8-6-17)21(14-27-23(22)28-15-30)34-19-4-2-9-26-13-19/h2,4-9,13-16H,3,10-12H2,1H3,(H,27,28,30). The van der Waals surface area contributed by atoms with Gasteiger partial charge in [-0.15, -0.1) is 0 Å². The van der Waals surface area contributed by atoms with Crippen LogP contribution in [0.25, 0.3) is 0 Å². The van der Waals surface area contributed by atoms with E-state index in [1.54, 1.807) is 43.7 Å². The second kappa shape index (κ2) is 12.3. The molecule has 0 aliphatic heterocycles. The number of rotatable bonds is 12. The molecule has 0 aliphatic rings. The Kier molecular flexibility index (Phi) is 8.93. The van der Waals surface area contributed by atoms with Crippen molar-refractivity contribution in [2.45, 2.75) is 12.8 Å². The molecule has 2 aromatic heterocycles. The van der Waals surface area contributed by atoms with Crippen LogP contribution in [0.4, 0.5) is 5.82 Å². The highest BCUT2D eigenvalue weighted by Crippen LogP contribution is 2.33. The van der Waals surface area contributed by atoms with Crippen molar-refractivity contribution in [3.63, 3.8) is 0 Å². The molecule has 10 heteroatoms. The van der Waals surface area contributed by atoms with Crippen LogP contribution in [0.3, 0.4) is 0 Å². The molecule has 0 saturated carbocycles. The molecule has 0 radical (unpaired) electrons. The van der Waals surface area contributed by atoms with Gasteiger partial charge in [0, 0.05) is 36.8 Å². The fourth-order valence-corrected chi connectivity index (χ4v) is 3.38. The fraction of sp³-hybridized carbons (Fsp3) is 0.208. The number of carbonyl (C=O) groups excluding carboxylic acids is 3. The van der Waals surface area contributed by atoms with Gasteiger partial charge in [0.2, 0.25) is 6.41 Å². The summed E-state index contributed by atoms with van der Waals surface area (Å²) in [5.41, 5.74) is 1.61. The van der Waals surface area contributed by atoms with Crippen molar-refractivity contribution >= 4 is 36.2 Å². The summed E-state index contributed by atoms with van der Waals surface area (Å²) in [4.78, 5) is 44.9. The Morgan fingerprint density at radius 2 is 1.97 bits per heavy atom. The van der Waals surface area contributed by atoms with E-state index in [1.807, 2.05) is 12.1 Å². The van der Waals surface area contributed by atoms with E-state index in [4.69, 9.17) is 21.1 Å². The normalized spacial score (nSPS) is 10.3. The summed E-state index contributed by atoms with van der Waals surface area (Å²) in [5, 5.41) is 3.10. The molecule has 2 amide bonds. The van der Waals surface area contributed by atoms with Crippen LogP contribution in [0, 0.1) is 0 Å². The van der Waals surface area contributed by atoms with Gasteiger partial charge in [-0.2, -0.15) is 0 Å². The highest BCUT2D eigenvalue weighted by molar-refractivity contribution is 6.30. The summed E-state index contributed by atoms with van der Waals surface area (Å²) in [6, 6.07) is 10.7. The van der Waals surface area contributed by atoms with Crippen LogP contribution >= 0.6 is 11.6 Å². The van der Waals surface area contributed by atoms with Crippen LogP contribution in [-0.4, -0.2) is 53.9 Å². The summed E-state index contributed by atoms with van der Waals surface area (Å²) in [7, 11) is 1.62. The lowest BCUT2D eigenvalue weighted by Gasteiger charge is -2.22. The minimum absolute atomic E-state index is 0.110. The summed E-state index contributed by atoms with van der Waals surface area (Å²) < 4.78 is 10.7. The van der Waals surface area contributed by atoms with Gasteiger partial charge in [-0.1, -0.05) is 23.7 Å². The van der Waals surface area contributed by atoms with E-state index in [2.05, 4.69) is 15.3 Å². The van der Waals surface area contributed by atoms with Gasteiger partial charge in [0.25, 0.3) is 12.4 Å². The van der Waals surface area contributed by atoms with Crippen molar-refractivity contribution in [3.05, 3.63) is 76.7 Å². The molecule has 0 atom stereocenters. The van der Waals surface area contributed by atoms with Crippen LogP contribution in [0.1, 0.15) is 27.9 Å². The zero-order chi connectivity index (χ0) is 24.3. The van der Waals surface area contributed by atoms with Gasteiger partial charge in [0.1, 0.15) is 17.3 Å². The molecule has 0 unspecified atom stereocenters. The van der Waals surface area contributed by atoms with Crippen LogP contribution in [0.15, 0.2) is 55.0 Å². The third-order valence-corrected chi connectivity index (χ3v) is 5.14. The Labute approximate surface area is 201 Å². The molecule has 0 bridgehead atoms. The van der Waals surface area contributed by atoms with Crippen molar-refractivity contribution in [1.82, 2.24) is 14.9 Å². The highest BCUT2D eigenvalue weighted by Gasteiger charge is 2.25. The van der Waals surface area contributed by atoms with Gasteiger partial charge in [-0.05, 0) is 36.2 Å². The van der Waals surface area contributed by atoms with Crippen LogP contribution < -0.4 is 10.1 Å². The molecule has 0 aliphatic carbocycles. The summed E-state index contributed by atoms with van der Waals surface area (Å²) in [6.45, 7) is 0.864. The van der Waals surface area contributed by atoms with Crippen LogP contribution in [0.5, 0.6) is 11.5 Å². The van der Waals surface area contributed by atoms with Gasteiger partial charge in [-0.25, -0.2) is 4.98 Å². The molecule has 176 valence electrons. The SMILES string of the molecule is CN(CCCOC=O)C(=O)c1c(NC=O)ncc(Oc2cccnc2)c1Cc1ccc(Cl)cc1. The van der Waals surface area contributed by atoms with Crippen molar-refractivity contribution in [1.29, 1.82) is 0 Å². The van der Waals surface area contributed by atoms with Crippen molar-refractivity contribution in [3.8, 4) is 11.5 Å². The minimum Gasteiger partial charge on any atom is -0.468 e. The number of amides is 2.